The predicted molar refractivity (Wildman–Crippen MR) is 97.5 cm³/mol. The number of carbonyl (C=O) groups is 1. The Bertz CT molecular complexity index is 845. The minimum absolute atomic E-state index is 0.118. The summed E-state index contributed by atoms with van der Waals surface area (Å²) < 4.78 is 37.1. The highest BCUT2D eigenvalue weighted by Gasteiger charge is 2.19. The lowest BCUT2D eigenvalue weighted by Crippen LogP contribution is -2.26. The lowest BCUT2D eigenvalue weighted by Gasteiger charge is -2.12. The molecule has 0 atom stereocenters. The maximum atomic E-state index is 12.3. The van der Waals surface area contributed by atoms with Crippen LogP contribution < -0.4 is 10.0 Å². The van der Waals surface area contributed by atoms with Gasteiger partial charge in [-0.25, -0.2) is 13.1 Å². The molecule has 8 heteroatoms. The van der Waals surface area contributed by atoms with Crippen LogP contribution >= 0.6 is 0 Å². The number of carbonyl (C=O) groups excluding carboxylic acids is 1. The number of amides is 1. The van der Waals surface area contributed by atoms with Crippen LogP contribution in [0.3, 0.4) is 0 Å². The van der Waals surface area contributed by atoms with E-state index in [1.165, 1.54) is 13.1 Å². The van der Waals surface area contributed by atoms with E-state index in [-0.39, 0.29) is 10.8 Å². The summed E-state index contributed by atoms with van der Waals surface area (Å²) in [6.07, 6.45) is 2.23. The summed E-state index contributed by atoms with van der Waals surface area (Å²) in [4.78, 5) is 12.4. The molecule has 1 amide bonds. The molecule has 0 fully saturated rings. The minimum Gasteiger partial charge on any atom is -0.467 e. The molecule has 0 radical (unpaired) electrons. The molecular formula is C18H24N2O5S. The Kier molecular flexibility index (Phi) is 6.96. The Balaban J connectivity index is 1.89. The summed E-state index contributed by atoms with van der Waals surface area (Å²) in [6, 6.07) is 6.72. The van der Waals surface area contributed by atoms with E-state index >= 15 is 0 Å². The van der Waals surface area contributed by atoms with Gasteiger partial charge in [-0.05, 0) is 62.7 Å². The number of ether oxygens (including phenoxy) is 1. The van der Waals surface area contributed by atoms with Crippen molar-refractivity contribution in [2.45, 2.75) is 31.8 Å². The number of furan rings is 1. The molecule has 0 aliphatic heterocycles. The van der Waals surface area contributed by atoms with E-state index in [0.29, 0.717) is 37.3 Å². The molecular weight excluding hydrogens is 356 g/mol. The van der Waals surface area contributed by atoms with E-state index in [0.717, 1.165) is 11.3 Å². The molecule has 2 N–H and O–H groups in total. The third-order valence-electron chi connectivity index (χ3n) is 4.02. The first-order valence-electron chi connectivity index (χ1n) is 8.28. The Morgan fingerprint density at radius 2 is 2.04 bits per heavy atom. The number of hydrogen-bond acceptors (Lipinski definition) is 5. The second-order valence-corrected chi connectivity index (χ2v) is 7.72. The lowest BCUT2D eigenvalue weighted by molar-refractivity contribution is 0.0916. The molecule has 142 valence electrons. The van der Waals surface area contributed by atoms with Crippen LogP contribution in [0.25, 0.3) is 0 Å². The van der Waals surface area contributed by atoms with Crippen molar-refractivity contribution < 1.29 is 22.4 Å². The summed E-state index contributed by atoms with van der Waals surface area (Å²) in [7, 11) is -2.27. The standard InChI is InChI=1S/C18H24N2O5S/c1-13-10-15(11-17(14(13)2)26(22,23)19-3)18(21)20-7-5-8-24-12-16-6-4-9-25-16/h4,6,9-11,19H,5,7-8,12H2,1-3H3,(H,20,21). The first kappa shape index (κ1) is 20.2. The monoisotopic (exact) mass is 380 g/mol. The Hall–Kier alpha value is -2.16. The Labute approximate surface area is 153 Å². The summed E-state index contributed by atoms with van der Waals surface area (Å²) in [5, 5.41) is 2.78. The van der Waals surface area contributed by atoms with Crippen molar-refractivity contribution in [2.24, 2.45) is 0 Å². The van der Waals surface area contributed by atoms with Crippen molar-refractivity contribution in [3.8, 4) is 0 Å². The zero-order chi connectivity index (χ0) is 19.2. The molecule has 1 aromatic carbocycles. The number of aryl methyl sites for hydroxylation is 1. The van der Waals surface area contributed by atoms with Crippen molar-refractivity contribution in [3.63, 3.8) is 0 Å². The predicted octanol–water partition coefficient (Wildman–Crippen LogP) is 2.14. The van der Waals surface area contributed by atoms with Gasteiger partial charge in [-0.3, -0.25) is 4.79 Å². The second kappa shape index (κ2) is 8.98. The maximum absolute atomic E-state index is 12.3. The van der Waals surface area contributed by atoms with Crippen LogP contribution in [-0.2, 0) is 21.4 Å². The molecule has 0 unspecified atom stereocenters. The highest BCUT2D eigenvalue weighted by atomic mass is 32.2. The van der Waals surface area contributed by atoms with Crippen molar-refractivity contribution in [3.05, 3.63) is 53.0 Å². The maximum Gasteiger partial charge on any atom is 0.251 e. The zero-order valence-corrected chi connectivity index (χ0v) is 16.0. The fourth-order valence-electron chi connectivity index (χ4n) is 2.39. The van der Waals surface area contributed by atoms with Gasteiger partial charge in [-0.1, -0.05) is 0 Å². The quantitative estimate of drug-likeness (QED) is 0.650. The molecule has 0 aliphatic rings. The van der Waals surface area contributed by atoms with Crippen molar-refractivity contribution in [2.75, 3.05) is 20.2 Å². The normalized spacial score (nSPS) is 11.5. The largest absolute Gasteiger partial charge is 0.467 e. The summed E-state index contributed by atoms with van der Waals surface area (Å²) in [5.74, 6) is 0.439. The van der Waals surface area contributed by atoms with Crippen LogP contribution in [0.2, 0.25) is 0 Å². The summed E-state index contributed by atoms with van der Waals surface area (Å²) in [6.45, 7) is 4.80. The molecule has 1 aromatic heterocycles. The Morgan fingerprint density at radius 3 is 2.69 bits per heavy atom. The van der Waals surface area contributed by atoms with Crippen molar-refractivity contribution in [1.29, 1.82) is 0 Å². The van der Waals surface area contributed by atoms with Crippen LogP contribution in [-0.4, -0.2) is 34.5 Å². The van der Waals surface area contributed by atoms with Crippen LogP contribution in [0, 0.1) is 13.8 Å². The SMILES string of the molecule is CNS(=O)(=O)c1cc(C(=O)NCCCOCc2ccco2)cc(C)c1C. The minimum atomic E-state index is -3.62. The van der Waals surface area contributed by atoms with E-state index in [1.54, 1.807) is 32.2 Å². The van der Waals surface area contributed by atoms with Gasteiger partial charge in [0.15, 0.2) is 0 Å². The van der Waals surface area contributed by atoms with E-state index < -0.39 is 10.0 Å². The fourth-order valence-corrected chi connectivity index (χ4v) is 3.46. The number of rotatable bonds is 9. The van der Waals surface area contributed by atoms with Gasteiger partial charge in [0.2, 0.25) is 10.0 Å². The molecule has 7 nitrogen and oxygen atoms in total. The fraction of sp³-hybridized carbons (Fsp3) is 0.389. The van der Waals surface area contributed by atoms with E-state index in [1.807, 2.05) is 6.07 Å². The van der Waals surface area contributed by atoms with Crippen LogP contribution in [0.4, 0.5) is 0 Å². The van der Waals surface area contributed by atoms with E-state index in [9.17, 15) is 13.2 Å². The number of hydrogen-bond donors (Lipinski definition) is 2. The van der Waals surface area contributed by atoms with Crippen LogP contribution in [0.1, 0.15) is 33.7 Å². The molecule has 0 saturated heterocycles. The van der Waals surface area contributed by atoms with Gasteiger partial charge in [0.1, 0.15) is 12.4 Å². The Morgan fingerprint density at radius 1 is 1.27 bits per heavy atom. The third-order valence-corrected chi connectivity index (χ3v) is 5.56. The third kappa shape index (κ3) is 5.17. The highest BCUT2D eigenvalue weighted by Crippen LogP contribution is 2.21. The van der Waals surface area contributed by atoms with E-state index in [4.69, 9.17) is 9.15 Å². The van der Waals surface area contributed by atoms with Gasteiger partial charge >= 0.3 is 0 Å². The van der Waals surface area contributed by atoms with Crippen molar-refractivity contribution in [1.82, 2.24) is 10.0 Å². The average molecular weight is 380 g/mol. The first-order valence-corrected chi connectivity index (χ1v) is 9.76. The van der Waals surface area contributed by atoms with E-state index in [2.05, 4.69) is 10.0 Å². The molecule has 0 bridgehead atoms. The van der Waals surface area contributed by atoms with Crippen LogP contribution in [0.15, 0.2) is 39.8 Å². The molecule has 0 spiro atoms. The molecule has 1 heterocycles. The van der Waals surface area contributed by atoms with Gasteiger partial charge < -0.3 is 14.5 Å². The number of benzene rings is 1. The number of sulfonamides is 1. The molecule has 0 aliphatic carbocycles. The molecule has 0 saturated carbocycles. The molecule has 26 heavy (non-hydrogen) atoms. The van der Waals surface area contributed by atoms with Gasteiger partial charge in [-0.2, -0.15) is 0 Å². The zero-order valence-electron chi connectivity index (χ0n) is 15.2. The summed E-state index contributed by atoms with van der Waals surface area (Å²) in [5.41, 5.74) is 1.69. The topological polar surface area (TPSA) is 97.6 Å². The van der Waals surface area contributed by atoms with Crippen molar-refractivity contribution >= 4 is 15.9 Å². The second-order valence-electron chi connectivity index (χ2n) is 5.87. The van der Waals surface area contributed by atoms with Gasteiger partial charge in [0, 0.05) is 18.7 Å². The van der Waals surface area contributed by atoms with Crippen LogP contribution in [0.5, 0.6) is 0 Å². The van der Waals surface area contributed by atoms with Gasteiger partial charge in [-0.15, -0.1) is 0 Å². The average Bonchev–Trinajstić information content (AvgIpc) is 3.13. The number of nitrogens with one attached hydrogen (secondary N) is 2. The molecule has 2 rings (SSSR count). The van der Waals surface area contributed by atoms with Gasteiger partial charge in [0.25, 0.3) is 5.91 Å². The first-order chi connectivity index (χ1) is 12.3. The highest BCUT2D eigenvalue weighted by molar-refractivity contribution is 7.89. The smallest absolute Gasteiger partial charge is 0.251 e. The molecule has 2 aromatic rings. The lowest BCUT2D eigenvalue weighted by atomic mass is 10.1. The summed E-state index contributed by atoms with van der Waals surface area (Å²) >= 11 is 0. The van der Waals surface area contributed by atoms with Gasteiger partial charge in [0.05, 0.1) is 11.2 Å².